The molecule has 3 aromatic rings. The van der Waals surface area contributed by atoms with Gasteiger partial charge in [-0.25, -0.2) is 0 Å². The van der Waals surface area contributed by atoms with E-state index in [9.17, 15) is 0 Å². The van der Waals surface area contributed by atoms with Crippen molar-refractivity contribution in [1.29, 1.82) is 0 Å². The highest BCUT2D eigenvalue weighted by atomic mass is 32.1. The van der Waals surface area contributed by atoms with E-state index in [-0.39, 0.29) is 12.8 Å². The minimum Gasteiger partial charge on any atom is -0.454 e. The Balaban J connectivity index is 1.55. The second-order valence-corrected chi connectivity index (χ2v) is 6.83. The smallest absolute Gasteiger partial charge is 0.231 e. The minimum absolute atomic E-state index is 0.0416. The first kappa shape index (κ1) is 17.4. The van der Waals surface area contributed by atoms with Crippen molar-refractivity contribution in [2.24, 2.45) is 0 Å². The molecule has 0 radical (unpaired) electrons. The van der Waals surface area contributed by atoms with E-state index in [1.54, 1.807) is 0 Å². The van der Waals surface area contributed by atoms with Crippen LogP contribution in [0.15, 0.2) is 72.8 Å². The van der Waals surface area contributed by atoms with Gasteiger partial charge in [0.15, 0.2) is 16.6 Å². The van der Waals surface area contributed by atoms with Crippen LogP contribution in [0.1, 0.15) is 22.7 Å². The van der Waals surface area contributed by atoms with Crippen molar-refractivity contribution in [2.75, 3.05) is 12.1 Å². The Morgan fingerprint density at radius 1 is 0.889 bits per heavy atom. The number of fused-ring (bicyclic) bond motifs is 1. The van der Waals surface area contributed by atoms with Crippen LogP contribution in [0.4, 0.5) is 5.69 Å². The molecule has 1 aliphatic rings. The molecule has 27 heavy (non-hydrogen) atoms. The van der Waals surface area contributed by atoms with Gasteiger partial charge in [-0.2, -0.15) is 0 Å². The first-order valence-electron chi connectivity index (χ1n) is 8.78. The molecule has 0 aromatic heterocycles. The molecule has 0 fully saturated rings. The summed E-state index contributed by atoms with van der Waals surface area (Å²) in [6, 6.07) is 24.4. The van der Waals surface area contributed by atoms with E-state index in [0.29, 0.717) is 5.11 Å². The topological polar surface area (TPSA) is 42.5 Å². The number of anilines is 1. The highest BCUT2D eigenvalue weighted by Crippen LogP contribution is 2.34. The number of hydrogen-bond acceptors (Lipinski definition) is 3. The standard InChI is InChI=1S/C22H20N2O2S/c1-15-6-5-9-17(12-15)21(16-7-3-2-4-8-16)24-22(27)23-18-10-11-19-20(13-18)26-14-25-19/h2-13,21H,14H2,1H3,(H2,23,24,27)/t21-/m0/s1. The Hall–Kier alpha value is -3.05. The van der Waals surface area contributed by atoms with Crippen molar-refractivity contribution in [3.63, 3.8) is 0 Å². The van der Waals surface area contributed by atoms with Crippen LogP contribution in [0.25, 0.3) is 0 Å². The summed E-state index contributed by atoms with van der Waals surface area (Å²) in [7, 11) is 0. The minimum atomic E-state index is -0.0416. The molecule has 0 saturated carbocycles. The molecule has 2 N–H and O–H groups in total. The third kappa shape index (κ3) is 4.04. The zero-order chi connectivity index (χ0) is 18.6. The third-order valence-electron chi connectivity index (χ3n) is 4.41. The lowest BCUT2D eigenvalue weighted by atomic mass is 9.97. The van der Waals surface area contributed by atoms with Gasteiger partial charge in [0.1, 0.15) is 0 Å². The summed E-state index contributed by atoms with van der Waals surface area (Å²) in [5, 5.41) is 7.23. The van der Waals surface area contributed by atoms with E-state index in [0.717, 1.165) is 28.3 Å². The van der Waals surface area contributed by atoms with E-state index in [4.69, 9.17) is 21.7 Å². The van der Waals surface area contributed by atoms with Gasteiger partial charge in [-0.3, -0.25) is 0 Å². The van der Waals surface area contributed by atoms with Gasteiger partial charge in [0.05, 0.1) is 6.04 Å². The van der Waals surface area contributed by atoms with Crippen LogP contribution in [0.5, 0.6) is 11.5 Å². The Morgan fingerprint density at radius 2 is 1.67 bits per heavy atom. The summed E-state index contributed by atoms with van der Waals surface area (Å²) in [5.41, 5.74) is 4.38. The van der Waals surface area contributed by atoms with Crippen LogP contribution in [-0.4, -0.2) is 11.9 Å². The number of hydrogen-bond donors (Lipinski definition) is 2. The molecule has 1 heterocycles. The maximum atomic E-state index is 5.58. The predicted molar refractivity (Wildman–Crippen MR) is 111 cm³/mol. The van der Waals surface area contributed by atoms with E-state index in [1.807, 2.05) is 36.4 Å². The Bertz CT molecular complexity index is 960. The summed E-state index contributed by atoms with van der Waals surface area (Å²) in [4.78, 5) is 0. The quantitative estimate of drug-likeness (QED) is 0.640. The number of rotatable bonds is 4. The van der Waals surface area contributed by atoms with Crippen molar-refractivity contribution >= 4 is 23.0 Å². The van der Waals surface area contributed by atoms with Crippen molar-refractivity contribution in [1.82, 2.24) is 5.32 Å². The van der Waals surface area contributed by atoms with Gasteiger partial charge in [-0.1, -0.05) is 60.2 Å². The summed E-state index contributed by atoms with van der Waals surface area (Å²) in [5.74, 6) is 1.47. The van der Waals surface area contributed by atoms with Crippen LogP contribution in [-0.2, 0) is 0 Å². The van der Waals surface area contributed by atoms with Gasteiger partial charge >= 0.3 is 0 Å². The average molecular weight is 376 g/mol. The zero-order valence-electron chi connectivity index (χ0n) is 14.9. The maximum Gasteiger partial charge on any atom is 0.231 e. The fourth-order valence-electron chi connectivity index (χ4n) is 3.13. The van der Waals surface area contributed by atoms with Gasteiger partial charge in [-0.05, 0) is 42.4 Å². The number of nitrogens with one attached hydrogen (secondary N) is 2. The number of ether oxygens (including phenoxy) is 2. The molecule has 0 spiro atoms. The SMILES string of the molecule is Cc1cccc([C@@H](NC(=S)Nc2ccc3c(c2)OCO3)c2ccccc2)c1. The molecule has 0 bridgehead atoms. The summed E-state index contributed by atoms with van der Waals surface area (Å²) in [6.07, 6.45) is 0. The first-order chi connectivity index (χ1) is 13.2. The van der Waals surface area contributed by atoms with Crippen molar-refractivity contribution in [2.45, 2.75) is 13.0 Å². The molecule has 0 amide bonds. The Morgan fingerprint density at radius 3 is 2.48 bits per heavy atom. The second kappa shape index (κ2) is 7.68. The van der Waals surface area contributed by atoms with Crippen LogP contribution < -0.4 is 20.1 Å². The fraction of sp³-hybridized carbons (Fsp3) is 0.136. The molecule has 0 unspecified atom stereocenters. The third-order valence-corrected chi connectivity index (χ3v) is 4.63. The highest BCUT2D eigenvalue weighted by Gasteiger charge is 2.17. The summed E-state index contributed by atoms with van der Waals surface area (Å²) >= 11 is 5.58. The second-order valence-electron chi connectivity index (χ2n) is 6.42. The lowest BCUT2D eigenvalue weighted by Gasteiger charge is -2.22. The maximum absolute atomic E-state index is 5.58. The van der Waals surface area contributed by atoms with Crippen LogP contribution in [0.2, 0.25) is 0 Å². The van der Waals surface area contributed by atoms with E-state index in [2.05, 4.69) is 54.0 Å². The van der Waals surface area contributed by atoms with Crippen molar-refractivity contribution < 1.29 is 9.47 Å². The molecular formula is C22H20N2O2S. The van der Waals surface area contributed by atoms with Crippen molar-refractivity contribution in [3.05, 3.63) is 89.5 Å². The van der Waals surface area contributed by atoms with Gasteiger partial charge < -0.3 is 20.1 Å². The number of benzene rings is 3. The molecular weight excluding hydrogens is 356 g/mol. The fourth-order valence-corrected chi connectivity index (χ4v) is 3.36. The van der Waals surface area contributed by atoms with Crippen molar-refractivity contribution in [3.8, 4) is 11.5 Å². The monoisotopic (exact) mass is 376 g/mol. The Labute approximate surface area is 164 Å². The molecule has 1 aliphatic heterocycles. The van der Waals surface area contributed by atoms with Gasteiger partial charge in [-0.15, -0.1) is 0 Å². The average Bonchev–Trinajstić information content (AvgIpc) is 3.14. The molecule has 5 heteroatoms. The molecule has 0 aliphatic carbocycles. The molecule has 0 saturated heterocycles. The lowest BCUT2D eigenvalue weighted by Crippen LogP contribution is -2.33. The van der Waals surface area contributed by atoms with Gasteiger partial charge in [0.25, 0.3) is 0 Å². The Kier molecular flexibility index (Phi) is 4.94. The lowest BCUT2D eigenvalue weighted by molar-refractivity contribution is 0.174. The molecule has 1 atom stereocenters. The normalized spacial score (nSPS) is 13.1. The van der Waals surface area contributed by atoms with Gasteiger partial charge in [0.2, 0.25) is 6.79 Å². The van der Waals surface area contributed by atoms with E-state index in [1.165, 1.54) is 5.56 Å². The molecule has 4 nitrogen and oxygen atoms in total. The highest BCUT2D eigenvalue weighted by molar-refractivity contribution is 7.80. The van der Waals surface area contributed by atoms with Crippen LogP contribution >= 0.6 is 12.2 Å². The molecule has 4 rings (SSSR count). The first-order valence-corrected chi connectivity index (χ1v) is 9.18. The van der Waals surface area contributed by atoms with Crippen LogP contribution in [0.3, 0.4) is 0 Å². The summed E-state index contributed by atoms with van der Waals surface area (Å²) < 4.78 is 10.8. The molecule has 136 valence electrons. The number of thiocarbonyl (C=S) groups is 1. The zero-order valence-corrected chi connectivity index (χ0v) is 15.8. The predicted octanol–water partition coefficient (Wildman–Crippen LogP) is 4.80. The summed E-state index contributed by atoms with van der Waals surface area (Å²) in [6.45, 7) is 2.35. The largest absolute Gasteiger partial charge is 0.454 e. The van der Waals surface area contributed by atoms with Gasteiger partial charge in [0, 0.05) is 11.8 Å². The number of aryl methyl sites for hydroxylation is 1. The molecule has 3 aromatic carbocycles. The van der Waals surface area contributed by atoms with E-state index < -0.39 is 0 Å². The van der Waals surface area contributed by atoms with E-state index >= 15 is 0 Å². The van der Waals surface area contributed by atoms with Crippen LogP contribution in [0, 0.1) is 6.92 Å².